The van der Waals surface area contributed by atoms with E-state index < -0.39 is 0 Å². The first-order valence-electron chi connectivity index (χ1n) is 8.65. The summed E-state index contributed by atoms with van der Waals surface area (Å²) in [6, 6.07) is 0. The highest BCUT2D eigenvalue weighted by molar-refractivity contribution is 6.06. The third-order valence-electron chi connectivity index (χ3n) is 4.35. The molecular weight excluding hydrogens is 301 g/mol. The topological polar surface area (TPSA) is 29.1 Å². The fraction of sp³-hybridized carbons (Fsp3) is 0.571. The number of ketones is 1. The summed E-state index contributed by atoms with van der Waals surface area (Å²) in [5.41, 5.74) is 1.53. The third kappa shape index (κ3) is 4.93. The van der Waals surface area contributed by atoms with Gasteiger partial charge in [0.25, 0.3) is 0 Å². The van der Waals surface area contributed by atoms with Crippen LogP contribution in [0.15, 0.2) is 49.2 Å². The highest BCUT2D eigenvalue weighted by Gasteiger charge is 2.55. The molecule has 0 bridgehead atoms. The van der Waals surface area contributed by atoms with E-state index in [-0.39, 0.29) is 16.6 Å². The number of nitrogens with one attached hydrogen (secondary N) is 1. The summed E-state index contributed by atoms with van der Waals surface area (Å²) in [6.07, 6.45) is 6.82. The van der Waals surface area contributed by atoms with Crippen LogP contribution in [-0.4, -0.2) is 19.5 Å². The van der Waals surface area contributed by atoms with Crippen LogP contribution in [0.25, 0.3) is 0 Å². The molecule has 0 radical (unpaired) electrons. The van der Waals surface area contributed by atoms with Crippen molar-refractivity contribution in [2.24, 2.45) is 10.8 Å². The zero-order chi connectivity index (χ0) is 20.0. The number of Topliss-reactive ketones (excluding diaryl/α,β-unsaturated/α-hetero) is 1. The minimum atomic E-state index is -0.348. The lowest BCUT2D eigenvalue weighted by Gasteiger charge is -2.41. The van der Waals surface area contributed by atoms with Gasteiger partial charge < -0.3 is 5.32 Å². The van der Waals surface area contributed by atoms with E-state index in [1.165, 1.54) is 5.57 Å². The Kier molecular flexibility index (Phi) is 15.6. The summed E-state index contributed by atoms with van der Waals surface area (Å²) in [5.74, 6) is 0.228. The van der Waals surface area contributed by atoms with Crippen molar-refractivity contribution in [1.29, 1.82) is 0 Å². The lowest BCUT2D eigenvalue weighted by Crippen LogP contribution is -2.42. The Balaban J connectivity index is -0.000000484. The molecule has 2 nitrogen and oxygen atoms in total. The molecule has 140 valence electrons. The van der Waals surface area contributed by atoms with Gasteiger partial charge in [-0.25, -0.2) is 0 Å². The van der Waals surface area contributed by atoms with E-state index in [2.05, 4.69) is 38.1 Å². The number of carbonyl (C=O) groups excluding carboxylic acids is 1. The van der Waals surface area contributed by atoms with E-state index >= 15 is 0 Å². The lowest BCUT2D eigenvalue weighted by atomic mass is 9.62. The number of halogens is 1. The Hall–Kier alpha value is -1.64. The molecule has 1 N–H and O–H groups in total. The van der Waals surface area contributed by atoms with Crippen LogP contribution in [0.5, 0.6) is 0 Å². The Morgan fingerprint density at radius 1 is 1.17 bits per heavy atom. The van der Waals surface area contributed by atoms with Gasteiger partial charge in [-0.3, -0.25) is 9.18 Å². The summed E-state index contributed by atoms with van der Waals surface area (Å²) >= 11 is 0. The average Bonchev–Trinajstić information content (AvgIpc) is 2.81. The molecule has 24 heavy (non-hydrogen) atoms. The van der Waals surface area contributed by atoms with E-state index in [0.717, 1.165) is 18.5 Å². The van der Waals surface area contributed by atoms with E-state index in [0.29, 0.717) is 7.18 Å². The first-order chi connectivity index (χ1) is 11.5. The van der Waals surface area contributed by atoms with Crippen LogP contribution in [0.3, 0.4) is 0 Å². The fourth-order valence-corrected chi connectivity index (χ4v) is 3.13. The van der Waals surface area contributed by atoms with Gasteiger partial charge >= 0.3 is 0 Å². The number of rotatable bonds is 1. The summed E-state index contributed by atoms with van der Waals surface area (Å²) in [5, 5.41) is 3.20. The van der Waals surface area contributed by atoms with Crippen molar-refractivity contribution in [3.63, 3.8) is 0 Å². The molecule has 0 aromatic rings. The Morgan fingerprint density at radius 2 is 1.62 bits per heavy atom. The molecule has 1 aliphatic carbocycles. The van der Waals surface area contributed by atoms with E-state index in [1.807, 2.05) is 47.7 Å². The molecule has 1 spiro atoms. The molecule has 0 aromatic carbocycles. The quantitative estimate of drug-likeness (QED) is 0.591. The molecule has 2 aliphatic rings. The Morgan fingerprint density at radius 3 is 1.92 bits per heavy atom. The average molecular weight is 340 g/mol. The fourth-order valence-electron chi connectivity index (χ4n) is 3.13. The highest BCUT2D eigenvalue weighted by Crippen LogP contribution is 2.57. The molecule has 1 aliphatic heterocycles. The maximum atomic E-state index is 12.4. The molecule has 1 unspecified atom stereocenters. The summed E-state index contributed by atoms with van der Waals surface area (Å²) in [4.78, 5) is 12.4. The van der Waals surface area contributed by atoms with Gasteiger partial charge in [-0.15, -0.1) is 13.2 Å². The van der Waals surface area contributed by atoms with Gasteiger partial charge in [-0.05, 0) is 19.5 Å². The molecule has 3 heteroatoms. The van der Waals surface area contributed by atoms with Crippen molar-refractivity contribution in [2.75, 3.05) is 13.7 Å². The maximum absolute atomic E-state index is 12.4. The van der Waals surface area contributed by atoms with Gasteiger partial charge in [0.1, 0.15) is 0 Å². The van der Waals surface area contributed by atoms with Crippen LogP contribution in [0, 0.1) is 10.8 Å². The number of hydrogen-bond donors (Lipinski definition) is 1. The molecule has 1 heterocycles. The Labute approximate surface area is 149 Å². The van der Waals surface area contributed by atoms with Gasteiger partial charge in [0.05, 0.1) is 7.18 Å². The first kappa shape index (κ1) is 27.2. The minimum Gasteiger partial charge on any atom is -0.391 e. The van der Waals surface area contributed by atoms with Crippen LogP contribution in [0.4, 0.5) is 4.39 Å². The molecular formula is C21H38FNO. The summed E-state index contributed by atoms with van der Waals surface area (Å²) in [6.45, 7) is 24.9. The highest BCUT2D eigenvalue weighted by atomic mass is 19.1. The molecule has 0 amide bonds. The first-order valence-corrected chi connectivity index (χ1v) is 8.65. The normalized spacial score (nSPS) is 22.3. The van der Waals surface area contributed by atoms with Crippen LogP contribution in [0.2, 0.25) is 0 Å². The molecule has 0 fully saturated rings. The second kappa shape index (κ2) is 13.8. The van der Waals surface area contributed by atoms with Gasteiger partial charge in [-0.1, -0.05) is 65.8 Å². The molecule has 0 aromatic heterocycles. The second-order valence-corrected chi connectivity index (χ2v) is 5.21. The lowest BCUT2D eigenvalue weighted by molar-refractivity contribution is -0.125. The smallest absolute Gasteiger partial charge is 0.169 e. The zero-order valence-corrected chi connectivity index (χ0v) is 17.1. The maximum Gasteiger partial charge on any atom is 0.169 e. The monoisotopic (exact) mass is 339 g/mol. The van der Waals surface area contributed by atoms with E-state index in [1.54, 1.807) is 6.08 Å². The van der Waals surface area contributed by atoms with Crippen molar-refractivity contribution < 1.29 is 9.18 Å². The zero-order valence-electron chi connectivity index (χ0n) is 17.1. The summed E-state index contributed by atoms with van der Waals surface area (Å²) in [7, 11) is 0.500. The number of allylic oxidation sites excluding steroid dienone is 4. The SMILES string of the molecule is C=C.C=CC1=C(C)C2(C=CNCC2)C(C)(C)C1=O.CC.CC.CF. The van der Waals surface area contributed by atoms with Crippen LogP contribution >= 0.6 is 0 Å². The van der Waals surface area contributed by atoms with Gasteiger partial charge in [0, 0.05) is 22.9 Å². The molecule has 0 saturated carbocycles. The standard InChI is InChI=1S/C14H19NO.2C2H6.C2H4.CH3F/c1-5-11-10(2)14(6-8-15-9-7-14)13(3,4)12(11)16;4*1-2/h5-6,8,15H,1,7,9H2,2-4H3;2*1-2H3;1-2H2;1H3. The van der Waals surface area contributed by atoms with Crippen molar-refractivity contribution in [1.82, 2.24) is 5.32 Å². The van der Waals surface area contributed by atoms with Crippen LogP contribution < -0.4 is 5.32 Å². The van der Waals surface area contributed by atoms with Gasteiger partial charge in [0.2, 0.25) is 0 Å². The Bertz CT molecular complexity index is 435. The third-order valence-corrected chi connectivity index (χ3v) is 4.35. The number of alkyl halides is 1. The van der Waals surface area contributed by atoms with Crippen molar-refractivity contribution in [3.8, 4) is 0 Å². The van der Waals surface area contributed by atoms with E-state index in [4.69, 9.17) is 0 Å². The van der Waals surface area contributed by atoms with Crippen molar-refractivity contribution in [2.45, 2.75) is 54.9 Å². The second-order valence-electron chi connectivity index (χ2n) is 5.21. The van der Waals surface area contributed by atoms with Gasteiger partial charge in [-0.2, -0.15) is 0 Å². The number of carbonyl (C=O) groups is 1. The van der Waals surface area contributed by atoms with Crippen molar-refractivity contribution in [3.05, 3.63) is 49.2 Å². The largest absolute Gasteiger partial charge is 0.391 e. The van der Waals surface area contributed by atoms with Crippen molar-refractivity contribution >= 4 is 5.78 Å². The van der Waals surface area contributed by atoms with Crippen LogP contribution in [-0.2, 0) is 4.79 Å². The molecule has 2 rings (SSSR count). The minimum absolute atomic E-state index is 0.112. The number of hydrogen-bond acceptors (Lipinski definition) is 2. The predicted molar refractivity (Wildman–Crippen MR) is 107 cm³/mol. The summed E-state index contributed by atoms with van der Waals surface area (Å²) < 4.78 is 9.50. The van der Waals surface area contributed by atoms with Gasteiger partial charge in [0.15, 0.2) is 5.78 Å². The molecule has 1 atom stereocenters. The van der Waals surface area contributed by atoms with E-state index in [9.17, 15) is 9.18 Å². The predicted octanol–water partition coefficient (Wildman–Crippen LogP) is 6.03. The molecule has 0 saturated heterocycles. The van der Waals surface area contributed by atoms with Crippen LogP contribution in [0.1, 0.15) is 54.9 Å².